The van der Waals surface area contributed by atoms with E-state index in [4.69, 9.17) is 4.74 Å². The van der Waals surface area contributed by atoms with Gasteiger partial charge in [0, 0.05) is 25.2 Å². The van der Waals surface area contributed by atoms with Crippen LogP contribution in [-0.4, -0.2) is 47.9 Å². The van der Waals surface area contributed by atoms with Crippen LogP contribution in [0.15, 0.2) is 54.6 Å². The quantitative estimate of drug-likeness (QED) is 0.864. The number of amides is 2. The van der Waals surface area contributed by atoms with Crippen molar-refractivity contribution in [1.82, 2.24) is 9.80 Å². The van der Waals surface area contributed by atoms with Crippen LogP contribution >= 0.6 is 0 Å². The van der Waals surface area contributed by atoms with Gasteiger partial charge in [-0.3, -0.25) is 9.59 Å². The van der Waals surface area contributed by atoms with Crippen LogP contribution in [0.3, 0.4) is 0 Å². The van der Waals surface area contributed by atoms with Crippen LogP contribution in [0.1, 0.15) is 27.5 Å². The lowest BCUT2D eigenvalue weighted by atomic mass is 10.0. The maximum Gasteiger partial charge on any atom is 0.255 e. The molecule has 0 saturated carbocycles. The second-order valence-electron chi connectivity index (χ2n) is 6.34. The molecule has 0 aromatic heterocycles. The number of ether oxygens (including phenoxy) is 1. The molecule has 1 fully saturated rings. The smallest absolute Gasteiger partial charge is 0.255 e. The van der Waals surface area contributed by atoms with E-state index in [1.54, 1.807) is 9.80 Å². The minimum atomic E-state index is -0.598. The van der Waals surface area contributed by atoms with Crippen molar-refractivity contribution in [3.63, 3.8) is 0 Å². The highest BCUT2D eigenvalue weighted by Gasteiger charge is 2.39. The number of hydrogen-bond acceptors (Lipinski definition) is 3. The molecule has 0 aliphatic carbocycles. The Kier molecular flexibility index (Phi) is 4.24. The fourth-order valence-electron chi connectivity index (χ4n) is 3.53. The summed E-state index contributed by atoms with van der Waals surface area (Å²) in [5.74, 6) is -0.110. The van der Waals surface area contributed by atoms with Crippen molar-refractivity contribution in [3.05, 3.63) is 71.3 Å². The average Bonchev–Trinajstić information content (AvgIpc) is 3.00. The number of fused-ring (bicyclic) bond motifs is 1. The van der Waals surface area contributed by atoms with E-state index in [0.29, 0.717) is 38.4 Å². The minimum absolute atomic E-state index is 0.0318. The molecule has 1 saturated heterocycles. The average molecular weight is 336 g/mol. The molecule has 2 heterocycles. The Labute approximate surface area is 146 Å². The third-order valence-electron chi connectivity index (χ3n) is 4.83. The van der Waals surface area contributed by atoms with Crippen LogP contribution in [0.4, 0.5) is 0 Å². The molecule has 0 N–H and O–H groups in total. The predicted molar refractivity (Wildman–Crippen MR) is 92.9 cm³/mol. The van der Waals surface area contributed by atoms with Gasteiger partial charge in [-0.1, -0.05) is 48.5 Å². The third-order valence-corrected chi connectivity index (χ3v) is 4.83. The van der Waals surface area contributed by atoms with E-state index in [0.717, 1.165) is 11.1 Å². The Balaban J connectivity index is 1.69. The van der Waals surface area contributed by atoms with E-state index in [1.807, 2.05) is 54.6 Å². The fraction of sp³-hybridized carbons (Fsp3) is 0.300. The van der Waals surface area contributed by atoms with Crippen molar-refractivity contribution in [2.24, 2.45) is 0 Å². The maximum absolute atomic E-state index is 13.3. The predicted octanol–water partition coefficient (Wildman–Crippen LogP) is 2.24. The van der Waals surface area contributed by atoms with Crippen molar-refractivity contribution < 1.29 is 14.3 Å². The first-order chi connectivity index (χ1) is 12.3. The number of carbonyl (C=O) groups excluding carboxylic acids is 2. The SMILES string of the molecule is O=C([C@@H](c1ccccc1)N1Cc2ccccc2C1=O)N1CCOCC1. The van der Waals surface area contributed by atoms with Crippen LogP contribution in [0.2, 0.25) is 0 Å². The van der Waals surface area contributed by atoms with Gasteiger partial charge in [0.25, 0.3) is 5.91 Å². The number of benzene rings is 2. The van der Waals surface area contributed by atoms with E-state index in [9.17, 15) is 9.59 Å². The van der Waals surface area contributed by atoms with Crippen molar-refractivity contribution in [1.29, 1.82) is 0 Å². The minimum Gasteiger partial charge on any atom is -0.378 e. The Bertz CT molecular complexity index is 785. The lowest BCUT2D eigenvalue weighted by Crippen LogP contribution is -2.47. The number of hydrogen-bond donors (Lipinski definition) is 0. The summed E-state index contributed by atoms with van der Waals surface area (Å²) in [6.07, 6.45) is 0. The number of morpholine rings is 1. The highest BCUT2D eigenvalue weighted by Crippen LogP contribution is 2.32. The molecule has 2 aliphatic rings. The molecular formula is C20H20N2O3. The van der Waals surface area contributed by atoms with Gasteiger partial charge in [0.05, 0.1) is 13.2 Å². The van der Waals surface area contributed by atoms with Gasteiger partial charge in [-0.15, -0.1) is 0 Å². The Morgan fingerprint density at radius 1 is 0.960 bits per heavy atom. The molecule has 1 atom stereocenters. The number of rotatable bonds is 3. The molecule has 0 unspecified atom stereocenters. The lowest BCUT2D eigenvalue weighted by Gasteiger charge is -2.34. The summed E-state index contributed by atoms with van der Waals surface area (Å²) in [6.45, 7) is 2.68. The highest BCUT2D eigenvalue weighted by molar-refractivity contribution is 6.01. The zero-order valence-corrected chi connectivity index (χ0v) is 13.9. The van der Waals surface area contributed by atoms with E-state index in [1.165, 1.54) is 0 Å². The molecule has 2 aromatic rings. The second kappa shape index (κ2) is 6.69. The zero-order valence-electron chi connectivity index (χ0n) is 13.9. The van der Waals surface area contributed by atoms with Crippen LogP contribution < -0.4 is 0 Å². The summed E-state index contributed by atoms with van der Waals surface area (Å²) >= 11 is 0. The summed E-state index contributed by atoms with van der Waals surface area (Å²) in [7, 11) is 0. The van der Waals surface area contributed by atoms with Gasteiger partial charge in [0.2, 0.25) is 5.91 Å². The van der Waals surface area contributed by atoms with Gasteiger partial charge in [-0.05, 0) is 17.2 Å². The first kappa shape index (κ1) is 15.8. The van der Waals surface area contributed by atoms with Crippen molar-refractivity contribution >= 4 is 11.8 Å². The van der Waals surface area contributed by atoms with Crippen molar-refractivity contribution in [2.45, 2.75) is 12.6 Å². The maximum atomic E-state index is 13.3. The van der Waals surface area contributed by atoms with E-state index in [-0.39, 0.29) is 11.8 Å². The summed E-state index contributed by atoms with van der Waals surface area (Å²) < 4.78 is 5.36. The normalized spacial score (nSPS) is 18.2. The van der Waals surface area contributed by atoms with E-state index in [2.05, 4.69) is 0 Å². The Hall–Kier alpha value is -2.66. The monoisotopic (exact) mass is 336 g/mol. The zero-order chi connectivity index (χ0) is 17.2. The molecule has 25 heavy (non-hydrogen) atoms. The summed E-state index contributed by atoms with van der Waals surface area (Å²) in [6, 6.07) is 16.5. The Morgan fingerprint density at radius 3 is 2.36 bits per heavy atom. The van der Waals surface area contributed by atoms with Crippen LogP contribution in [0, 0.1) is 0 Å². The number of carbonyl (C=O) groups is 2. The fourth-order valence-corrected chi connectivity index (χ4v) is 3.53. The molecule has 4 rings (SSSR count). The molecule has 128 valence electrons. The van der Waals surface area contributed by atoms with Crippen LogP contribution in [0.25, 0.3) is 0 Å². The molecule has 0 spiro atoms. The van der Waals surface area contributed by atoms with Crippen molar-refractivity contribution in [2.75, 3.05) is 26.3 Å². The molecule has 5 nitrogen and oxygen atoms in total. The van der Waals surface area contributed by atoms with Gasteiger partial charge < -0.3 is 14.5 Å². The second-order valence-corrected chi connectivity index (χ2v) is 6.34. The van der Waals surface area contributed by atoms with Crippen LogP contribution in [-0.2, 0) is 16.1 Å². The van der Waals surface area contributed by atoms with Gasteiger partial charge in [0.1, 0.15) is 6.04 Å². The van der Waals surface area contributed by atoms with Crippen LogP contribution in [0.5, 0.6) is 0 Å². The lowest BCUT2D eigenvalue weighted by molar-refractivity contribution is -0.140. The Morgan fingerprint density at radius 2 is 1.64 bits per heavy atom. The summed E-state index contributed by atoms with van der Waals surface area (Å²) in [5, 5.41) is 0. The third kappa shape index (κ3) is 2.91. The number of nitrogens with zero attached hydrogens (tertiary/aromatic N) is 2. The molecule has 5 heteroatoms. The van der Waals surface area contributed by atoms with Gasteiger partial charge in [-0.25, -0.2) is 0 Å². The first-order valence-electron chi connectivity index (χ1n) is 8.56. The van der Waals surface area contributed by atoms with Crippen molar-refractivity contribution in [3.8, 4) is 0 Å². The molecule has 0 radical (unpaired) electrons. The topological polar surface area (TPSA) is 49.9 Å². The highest BCUT2D eigenvalue weighted by atomic mass is 16.5. The summed E-state index contributed by atoms with van der Waals surface area (Å²) in [5.41, 5.74) is 2.52. The molecular weight excluding hydrogens is 316 g/mol. The van der Waals surface area contributed by atoms with Gasteiger partial charge in [0.15, 0.2) is 0 Å². The van der Waals surface area contributed by atoms with E-state index >= 15 is 0 Å². The first-order valence-corrected chi connectivity index (χ1v) is 8.56. The van der Waals surface area contributed by atoms with Gasteiger partial charge in [-0.2, -0.15) is 0 Å². The van der Waals surface area contributed by atoms with Gasteiger partial charge >= 0.3 is 0 Å². The molecule has 2 aromatic carbocycles. The largest absolute Gasteiger partial charge is 0.378 e. The van der Waals surface area contributed by atoms with E-state index < -0.39 is 6.04 Å². The standard InChI is InChI=1S/C20H20N2O3/c23-19-17-9-5-4-8-16(17)14-22(19)18(15-6-2-1-3-7-15)20(24)21-10-12-25-13-11-21/h1-9,18H,10-14H2/t18-/m1/s1. The molecule has 2 aliphatic heterocycles. The molecule has 2 amide bonds. The molecule has 0 bridgehead atoms. The summed E-state index contributed by atoms with van der Waals surface area (Å²) in [4.78, 5) is 29.7.